The number of nitrogens with one attached hydrogen (secondary N) is 3. The lowest BCUT2D eigenvalue weighted by Crippen LogP contribution is -2.57. The van der Waals surface area contributed by atoms with E-state index >= 15 is 0 Å². The summed E-state index contributed by atoms with van der Waals surface area (Å²) < 4.78 is 10.7. The van der Waals surface area contributed by atoms with E-state index in [2.05, 4.69) is 22.0 Å². The van der Waals surface area contributed by atoms with E-state index in [1.165, 1.54) is 0 Å². The first-order valence-corrected chi connectivity index (χ1v) is 15.2. The predicted molar refractivity (Wildman–Crippen MR) is 157 cm³/mol. The van der Waals surface area contributed by atoms with Crippen LogP contribution in [0.3, 0.4) is 0 Å². The Morgan fingerprint density at radius 1 is 0.976 bits per heavy atom. The summed E-state index contributed by atoms with van der Waals surface area (Å²) in [6, 6.07) is 4.57. The molecule has 4 atom stereocenters. The van der Waals surface area contributed by atoms with E-state index in [0.717, 1.165) is 36.8 Å². The number of aliphatic hydroxyl groups is 1. The third-order valence-corrected chi connectivity index (χ3v) is 8.63. The Labute approximate surface area is 248 Å². The second kappa shape index (κ2) is 14.3. The molecule has 230 valence electrons. The predicted octanol–water partition coefficient (Wildman–Crippen LogP) is 2.51. The fraction of sp³-hybridized carbons (Fsp3) is 0.625. The standard InChI is InChI=1S/C32H45N3O7/c1-20(33-30(39)23-11-13-24(36)14-12-23)29(38)35-27(18-22-9-15-25(41-3)16-10-22)31(40)34-26(28(37)32(2)19-42-32)17-21-7-5-4-6-8-21/h7,9-10,15-16,20,23-24,26-27,36H,4-6,8,11-14,17-19H2,1-3H3,(H,33,39)(H,34,40)(H,35,38)/t20-,23-,24+,26+,27+,32-/m1/s1. The van der Waals surface area contributed by atoms with Gasteiger partial charge in [0.25, 0.3) is 0 Å². The second-order valence-electron chi connectivity index (χ2n) is 12.1. The van der Waals surface area contributed by atoms with Crippen LogP contribution in [-0.2, 0) is 30.3 Å². The van der Waals surface area contributed by atoms with Crippen molar-refractivity contribution in [1.29, 1.82) is 0 Å². The number of hydrogen-bond acceptors (Lipinski definition) is 7. The van der Waals surface area contributed by atoms with Gasteiger partial charge in [-0.1, -0.05) is 23.8 Å². The van der Waals surface area contributed by atoms with Crippen molar-refractivity contribution in [3.63, 3.8) is 0 Å². The molecule has 0 spiro atoms. The van der Waals surface area contributed by atoms with E-state index in [0.29, 0.717) is 44.5 Å². The monoisotopic (exact) mass is 583 g/mol. The molecule has 4 N–H and O–H groups in total. The van der Waals surface area contributed by atoms with E-state index in [1.807, 2.05) is 12.1 Å². The minimum atomic E-state index is -0.987. The van der Waals surface area contributed by atoms with Crippen molar-refractivity contribution in [2.75, 3.05) is 13.7 Å². The van der Waals surface area contributed by atoms with Gasteiger partial charge in [-0.2, -0.15) is 0 Å². The third-order valence-electron chi connectivity index (χ3n) is 8.63. The zero-order chi connectivity index (χ0) is 30.3. The molecule has 10 nitrogen and oxygen atoms in total. The fourth-order valence-electron chi connectivity index (χ4n) is 5.69. The molecule has 0 aromatic heterocycles. The number of ketones is 1. The van der Waals surface area contributed by atoms with Crippen LogP contribution >= 0.6 is 0 Å². The van der Waals surface area contributed by atoms with Crippen LogP contribution in [0.25, 0.3) is 0 Å². The Balaban J connectivity index is 1.47. The lowest BCUT2D eigenvalue weighted by atomic mass is 9.87. The quantitative estimate of drug-likeness (QED) is 0.206. The number of carbonyl (C=O) groups is 4. The number of benzene rings is 1. The van der Waals surface area contributed by atoms with Gasteiger partial charge in [-0.15, -0.1) is 0 Å². The Hall–Kier alpha value is -3.24. The smallest absolute Gasteiger partial charge is 0.243 e. The average molecular weight is 584 g/mol. The van der Waals surface area contributed by atoms with Crippen molar-refractivity contribution >= 4 is 23.5 Å². The van der Waals surface area contributed by atoms with Gasteiger partial charge in [-0.05, 0) is 89.3 Å². The van der Waals surface area contributed by atoms with E-state index in [4.69, 9.17) is 9.47 Å². The summed E-state index contributed by atoms with van der Waals surface area (Å²) >= 11 is 0. The summed E-state index contributed by atoms with van der Waals surface area (Å²) in [7, 11) is 1.57. The van der Waals surface area contributed by atoms with Crippen molar-refractivity contribution in [3.8, 4) is 5.75 Å². The number of Topliss-reactive ketones (excluding diaryl/α,β-unsaturated/α-hetero) is 1. The van der Waals surface area contributed by atoms with Crippen LogP contribution in [0.1, 0.15) is 77.2 Å². The van der Waals surface area contributed by atoms with Gasteiger partial charge in [0.1, 0.15) is 23.4 Å². The molecule has 10 heteroatoms. The first-order chi connectivity index (χ1) is 20.1. The van der Waals surface area contributed by atoms with Gasteiger partial charge >= 0.3 is 0 Å². The number of aliphatic hydroxyl groups excluding tert-OH is 1. The maximum Gasteiger partial charge on any atom is 0.243 e. The highest BCUT2D eigenvalue weighted by Crippen LogP contribution is 2.31. The van der Waals surface area contributed by atoms with Gasteiger partial charge in [0.05, 0.1) is 25.9 Å². The molecule has 4 rings (SSSR count). The molecular weight excluding hydrogens is 538 g/mol. The second-order valence-corrected chi connectivity index (χ2v) is 12.1. The number of ether oxygens (including phenoxy) is 2. The summed E-state index contributed by atoms with van der Waals surface area (Å²) in [6.45, 7) is 3.64. The molecule has 1 aromatic rings. The van der Waals surface area contributed by atoms with Gasteiger partial charge in [0, 0.05) is 12.3 Å². The van der Waals surface area contributed by atoms with Crippen LogP contribution in [0, 0.1) is 5.92 Å². The number of rotatable bonds is 13. The SMILES string of the molecule is COc1ccc(C[C@H](NC(=O)[C@@H](C)NC(=O)[C@H]2CC[C@@H](O)CC2)C(=O)N[C@@H](CC2=CCCCC2)C(=O)[C@@]2(C)CO2)cc1. The topological polar surface area (TPSA) is 146 Å². The zero-order valence-corrected chi connectivity index (χ0v) is 24.9. The first kappa shape index (κ1) is 31.7. The fourth-order valence-corrected chi connectivity index (χ4v) is 5.69. The highest BCUT2D eigenvalue weighted by molar-refractivity contribution is 5.98. The van der Waals surface area contributed by atoms with Crippen LogP contribution in [0.4, 0.5) is 0 Å². The van der Waals surface area contributed by atoms with Gasteiger partial charge in [-0.3, -0.25) is 19.2 Å². The maximum absolute atomic E-state index is 13.8. The van der Waals surface area contributed by atoms with Gasteiger partial charge in [-0.25, -0.2) is 0 Å². The zero-order valence-electron chi connectivity index (χ0n) is 24.9. The summed E-state index contributed by atoms with van der Waals surface area (Å²) in [6.07, 6.45) is 8.63. The molecule has 42 heavy (non-hydrogen) atoms. The van der Waals surface area contributed by atoms with Gasteiger partial charge in [0.2, 0.25) is 17.7 Å². The molecule has 1 aromatic carbocycles. The largest absolute Gasteiger partial charge is 0.497 e. The number of hydrogen-bond donors (Lipinski definition) is 4. The lowest BCUT2D eigenvalue weighted by molar-refractivity contribution is -0.134. The summed E-state index contributed by atoms with van der Waals surface area (Å²) in [5, 5.41) is 18.3. The number of amides is 3. The Morgan fingerprint density at radius 3 is 2.24 bits per heavy atom. The van der Waals surface area contributed by atoms with Crippen molar-refractivity contribution in [3.05, 3.63) is 41.5 Å². The summed E-state index contributed by atoms with van der Waals surface area (Å²) in [5.74, 6) is -0.963. The molecule has 1 aliphatic heterocycles. The highest BCUT2D eigenvalue weighted by Gasteiger charge is 2.50. The van der Waals surface area contributed by atoms with Crippen LogP contribution < -0.4 is 20.7 Å². The Morgan fingerprint density at radius 2 is 1.64 bits per heavy atom. The van der Waals surface area contributed by atoms with Crippen LogP contribution in [0.15, 0.2) is 35.9 Å². The highest BCUT2D eigenvalue weighted by atomic mass is 16.6. The van der Waals surface area contributed by atoms with Crippen LogP contribution in [0.5, 0.6) is 5.75 Å². The van der Waals surface area contributed by atoms with Crippen molar-refractivity contribution < 1.29 is 33.8 Å². The Bertz CT molecular complexity index is 1150. The molecule has 3 amide bonds. The molecule has 2 aliphatic carbocycles. The van der Waals surface area contributed by atoms with E-state index in [1.54, 1.807) is 33.1 Å². The molecule has 0 radical (unpaired) electrons. The summed E-state index contributed by atoms with van der Waals surface area (Å²) in [4.78, 5) is 53.2. The van der Waals surface area contributed by atoms with E-state index < -0.39 is 35.5 Å². The van der Waals surface area contributed by atoms with Crippen molar-refractivity contribution in [2.24, 2.45) is 5.92 Å². The molecule has 1 heterocycles. The normalized spacial score (nSPS) is 25.7. The number of allylic oxidation sites excluding steroid dienone is 1. The molecule has 0 bridgehead atoms. The molecule has 2 fully saturated rings. The molecule has 1 saturated heterocycles. The molecule has 1 saturated carbocycles. The molecule has 0 unspecified atom stereocenters. The van der Waals surface area contributed by atoms with Crippen molar-refractivity contribution in [2.45, 2.75) is 108 Å². The maximum atomic E-state index is 13.8. The number of carbonyl (C=O) groups excluding carboxylic acids is 4. The number of epoxide rings is 1. The summed E-state index contributed by atoms with van der Waals surface area (Å²) in [5.41, 5.74) is 1.03. The molecule has 3 aliphatic rings. The van der Waals surface area contributed by atoms with E-state index in [-0.39, 0.29) is 30.1 Å². The van der Waals surface area contributed by atoms with Crippen LogP contribution in [-0.4, -0.2) is 72.2 Å². The Kier molecular flexibility index (Phi) is 10.8. The minimum Gasteiger partial charge on any atom is -0.497 e. The van der Waals surface area contributed by atoms with Crippen molar-refractivity contribution in [1.82, 2.24) is 16.0 Å². The third kappa shape index (κ3) is 8.64. The molecular formula is C32H45N3O7. The van der Waals surface area contributed by atoms with E-state index in [9.17, 15) is 24.3 Å². The average Bonchev–Trinajstić information content (AvgIpc) is 3.75. The lowest BCUT2D eigenvalue weighted by Gasteiger charge is -2.27. The van der Waals surface area contributed by atoms with Gasteiger partial charge in [0.15, 0.2) is 5.78 Å². The number of methoxy groups -OCH3 is 1. The van der Waals surface area contributed by atoms with Crippen LogP contribution in [0.2, 0.25) is 0 Å². The minimum absolute atomic E-state index is 0.171. The van der Waals surface area contributed by atoms with Gasteiger partial charge < -0.3 is 30.5 Å². The first-order valence-electron chi connectivity index (χ1n) is 15.2.